The molecule has 0 bridgehead atoms. The second-order valence-electron chi connectivity index (χ2n) is 4.62. The van der Waals surface area contributed by atoms with Crippen molar-refractivity contribution in [2.24, 2.45) is 0 Å². The zero-order chi connectivity index (χ0) is 10.8. The summed E-state index contributed by atoms with van der Waals surface area (Å²) in [6.07, 6.45) is 2.53. The normalized spacial score (nSPS) is 21.2. The monoisotopic (exact) mass is 221 g/mol. The number of thiol groups is 1. The topological polar surface area (TPSA) is 12.0 Å². The Hall–Kier alpha value is -0.470. The standard InChI is InChI=1S/C13H19NS/c1-9(2)10-5-6-13(15)11(8-10)12-4-3-7-14-12/h5-6,8-9,12,14-15H,3-4,7H2,1-2H3. The molecule has 1 aromatic rings. The quantitative estimate of drug-likeness (QED) is 0.728. The molecule has 15 heavy (non-hydrogen) atoms. The summed E-state index contributed by atoms with van der Waals surface area (Å²) in [4.78, 5) is 1.12. The van der Waals surface area contributed by atoms with Crippen molar-refractivity contribution in [1.82, 2.24) is 5.32 Å². The number of rotatable bonds is 2. The summed E-state index contributed by atoms with van der Waals surface area (Å²) in [5.41, 5.74) is 2.79. The first-order chi connectivity index (χ1) is 7.18. The highest BCUT2D eigenvalue weighted by Crippen LogP contribution is 2.30. The van der Waals surface area contributed by atoms with E-state index in [1.165, 1.54) is 24.0 Å². The summed E-state index contributed by atoms with van der Waals surface area (Å²) >= 11 is 4.55. The van der Waals surface area contributed by atoms with Crippen LogP contribution in [0.1, 0.15) is 49.8 Å². The van der Waals surface area contributed by atoms with E-state index in [0.29, 0.717) is 12.0 Å². The zero-order valence-corrected chi connectivity index (χ0v) is 10.3. The fourth-order valence-electron chi connectivity index (χ4n) is 2.16. The van der Waals surface area contributed by atoms with E-state index in [9.17, 15) is 0 Å². The van der Waals surface area contributed by atoms with Gasteiger partial charge in [-0.15, -0.1) is 12.6 Å². The molecule has 82 valence electrons. The van der Waals surface area contributed by atoms with Gasteiger partial charge >= 0.3 is 0 Å². The predicted molar refractivity (Wildman–Crippen MR) is 67.8 cm³/mol. The van der Waals surface area contributed by atoms with Gasteiger partial charge in [-0.1, -0.05) is 26.0 Å². The van der Waals surface area contributed by atoms with E-state index in [-0.39, 0.29) is 0 Å². The molecule has 0 amide bonds. The third-order valence-electron chi connectivity index (χ3n) is 3.15. The molecule has 1 heterocycles. The average molecular weight is 221 g/mol. The number of hydrogen-bond donors (Lipinski definition) is 2. The molecule has 0 saturated carbocycles. The van der Waals surface area contributed by atoms with Crippen molar-refractivity contribution in [3.63, 3.8) is 0 Å². The van der Waals surface area contributed by atoms with E-state index in [4.69, 9.17) is 0 Å². The first kappa shape index (κ1) is 11.0. The molecule has 1 unspecified atom stereocenters. The molecule has 2 heteroatoms. The van der Waals surface area contributed by atoms with Crippen molar-refractivity contribution >= 4 is 12.6 Å². The lowest BCUT2D eigenvalue weighted by Gasteiger charge is -2.16. The summed E-state index contributed by atoms with van der Waals surface area (Å²) in [5, 5.41) is 3.53. The van der Waals surface area contributed by atoms with Gasteiger partial charge in [0.15, 0.2) is 0 Å². The second-order valence-corrected chi connectivity index (χ2v) is 5.10. The molecular formula is C13H19NS. The largest absolute Gasteiger partial charge is 0.310 e. The van der Waals surface area contributed by atoms with Gasteiger partial charge in [-0.25, -0.2) is 0 Å². The molecule has 2 rings (SSSR count). The summed E-state index contributed by atoms with van der Waals surface area (Å²) in [7, 11) is 0. The number of hydrogen-bond acceptors (Lipinski definition) is 2. The van der Waals surface area contributed by atoms with Crippen molar-refractivity contribution < 1.29 is 0 Å². The maximum absolute atomic E-state index is 4.55. The molecule has 1 atom stereocenters. The van der Waals surface area contributed by atoms with Crippen LogP contribution in [0.4, 0.5) is 0 Å². The molecule has 1 aliphatic rings. The van der Waals surface area contributed by atoms with Gasteiger partial charge in [0.2, 0.25) is 0 Å². The Morgan fingerprint density at radius 3 is 2.80 bits per heavy atom. The van der Waals surface area contributed by atoms with Crippen molar-refractivity contribution in [1.29, 1.82) is 0 Å². The SMILES string of the molecule is CC(C)c1ccc(S)c(C2CCCN2)c1. The lowest BCUT2D eigenvalue weighted by Crippen LogP contribution is -2.13. The Kier molecular flexibility index (Phi) is 3.37. The van der Waals surface area contributed by atoms with Crippen LogP contribution in [-0.4, -0.2) is 6.54 Å². The lowest BCUT2D eigenvalue weighted by atomic mass is 9.97. The third kappa shape index (κ3) is 2.37. The average Bonchev–Trinajstić information content (AvgIpc) is 2.71. The smallest absolute Gasteiger partial charge is 0.0331 e. The van der Waals surface area contributed by atoms with E-state index in [1.54, 1.807) is 0 Å². The van der Waals surface area contributed by atoms with Crippen molar-refractivity contribution in [2.45, 2.75) is 43.5 Å². The first-order valence-corrected chi connectivity index (χ1v) is 6.19. The van der Waals surface area contributed by atoms with Crippen molar-refractivity contribution in [3.8, 4) is 0 Å². The van der Waals surface area contributed by atoms with Gasteiger partial charge in [0.05, 0.1) is 0 Å². The van der Waals surface area contributed by atoms with Gasteiger partial charge in [0, 0.05) is 10.9 Å². The van der Waals surface area contributed by atoms with Crippen LogP contribution in [-0.2, 0) is 0 Å². The third-order valence-corrected chi connectivity index (χ3v) is 3.56. The lowest BCUT2D eigenvalue weighted by molar-refractivity contribution is 0.634. The molecule has 1 saturated heterocycles. The predicted octanol–water partition coefficient (Wildman–Crippen LogP) is 3.52. The van der Waals surface area contributed by atoms with Crippen LogP contribution < -0.4 is 5.32 Å². The Labute approximate surface area is 97.7 Å². The summed E-state index contributed by atoms with van der Waals surface area (Å²) in [6, 6.07) is 7.16. The van der Waals surface area contributed by atoms with Crippen LogP contribution >= 0.6 is 12.6 Å². The maximum atomic E-state index is 4.55. The van der Waals surface area contributed by atoms with Crippen LogP contribution in [0, 0.1) is 0 Å². The van der Waals surface area contributed by atoms with Gasteiger partial charge in [0.1, 0.15) is 0 Å². The highest BCUT2D eigenvalue weighted by molar-refractivity contribution is 7.80. The van der Waals surface area contributed by atoms with Gasteiger partial charge in [-0.2, -0.15) is 0 Å². The molecule has 1 aromatic carbocycles. The molecule has 1 nitrogen and oxygen atoms in total. The molecule has 1 aliphatic heterocycles. The van der Waals surface area contributed by atoms with E-state index in [2.05, 4.69) is 50.0 Å². The summed E-state index contributed by atoms with van der Waals surface area (Å²) in [5.74, 6) is 0.596. The van der Waals surface area contributed by atoms with Gasteiger partial charge in [-0.05, 0) is 42.5 Å². The zero-order valence-electron chi connectivity index (χ0n) is 9.46. The highest BCUT2D eigenvalue weighted by atomic mass is 32.1. The summed E-state index contributed by atoms with van der Waals surface area (Å²) < 4.78 is 0. The summed E-state index contributed by atoms with van der Waals surface area (Å²) in [6.45, 7) is 5.61. The number of nitrogens with one attached hydrogen (secondary N) is 1. The Balaban J connectivity index is 2.31. The van der Waals surface area contributed by atoms with E-state index in [1.807, 2.05) is 0 Å². The fraction of sp³-hybridized carbons (Fsp3) is 0.538. The second kappa shape index (κ2) is 4.58. The number of benzene rings is 1. The van der Waals surface area contributed by atoms with Gasteiger partial charge < -0.3 is 5.32 Å². The Morgan fingerprint density at radius 1 is 1.40 bits per heavy atom. The molecule has 0 spiro atoms. The minimum absolute atomic E-state index is 0.524. The Morgan fingerprint density at radius 2 is 2.20 bits per heavy atom. The van der Waals surface area contributed by atoms with Gasteiger partial charge in [0.25, 0.3) is 0 Å². The van der Waals surface area contributed by atoms with Crippen molar-refractivity contribution in [3.05, 3.63) is 29.3 Å². The van der Waals surface area contributed by atoms with Crippen LogP contribution in [0.5, 0.6) is 0 Å². The first-order valence-electron chi connectivity index (χ1n) is 5.74. The molecule has 0 aliphatic carbocycles. The minimum atomic E-state index is 0.524. The molecule has 0 aromatic heterocycles. The van der Waals surface area contributed by atoms with Crippen LogP contribution in [0.2, 0.25) is 0 Å². The van der Waals surface area contributed by atoms with E-state index in [0.717, 1.165) is 11.4 Å². The van der Waals surface area contributed by atoms with Crippen LogP contribution in [0.15, 0.2) is 23.1 Å². The van der Waals surface area contributed by atoms with E-state index >= 15 is 0 Å². The molecule has 0 radical (unpaired) electrons. The Bertz CT molecular complexity index is 340. The van der Waals surface area contributed by atoms with Crippen molar-refractivity contribution in [2.75, 3.05) is 6.54 Å². The van der Waals surface area contributed by atoms with Crippen LogP contribution in [0.3, 0.4) is 0 Å². The van der Waals surface area contributed by atoms with E-state index < -0.39 is 0 Å². The minimum Gasteiger partial charge on any atom is -0.310 e. The fourth-order valence-corrected chi connectivity index (χ4v) is 2.46. The van der Waals surface area contributed by atoms with Crippen LogP contribution in [0.25, 0.3) is 0 Å². The molecule has 1 fully saturated rings. The van der Waals surface area contributed by atoms with Gasteiger partial charge in [-0.3, -0.25) is 0 Å². The maximum Gasteiger partial charge on any atom is 0.0331 e. The molecule has 1 N–H and O–H groups in total. The highest BCUT2D eigenvalue weighted by Gasteiger charge is 2.18. The molecular weight excluding hydrogens is 202 g/mol.